The molecular formula is C14H19FN2. The lowest BCUT2D eigenvalue weighted by Gasteiger charge is -2.37. The molecule has 3 heteroatoms. The third-order valence-corrected chi connectivity index (χ3v) is 4.23. The summed E-state index contributed by atoms with van der Waals surface area (Å²) >= 11 is 0. The zero-order chi connectivity index (χ0) is 11.9. The standard InChI is InChI=1S/C14H19FN2/c1-17(13-8-16-9-13)10-14(5-6-14)11-3-2-4-12(15)7-11/h2-4,7,13,16H,5-6,8-10H2,1H3. The van der Waals surface area contributed by atoms with Crippen molar-refractivity contribution < 1.29 is 4.39 Å². The first kappa shape index (κ1) is 11.2. The van der Waals surface area contributed by atoms with Gasteiger partial charge in [-0.1, -0.05) is 12.1 Å². The average molecular weight is 234 g/mol. The van der Waals surface area contributed by atoms with Crippen molar-refractivity contribution in [3.63, 3.8) is 0 Å². The number of nitrogens with one attached hydrogen (secondary N) is 1. The number of nitrogens with zero attached hydrogens (tertiary/aromatic N) is 1. The van der Waals surface area contributed by atoms with Gasteiger partial charge in [-0.05, 0) is 37.6 Å². The van der Waals surface area contributed by atoms with Gasteiger partial charge in [-0.3, -0.25) is 4.90 Å². The molecule has 1 heterocycles. The number of halogens is 1. The maximum Gasteiger partial charge on any atom is 0.123 e. The molecule has 2 fully saturated rings. The lowest BCUT2D eigenvalue weighted by Crippen LogP contribution is -2.57. The molecule has 1 aromatic rings. The van der Waals surface area contributed by atoms with E-state index < -0.39 is 0 Å². The second kappa shape index (κ2) is 4.07. The normalized spacial score (nSPS) is 22.5. The summed E-state index contributed by atoms with van der Waals surface area (Å²) in [6, 6.07) is 7.80. The van der Waals surface area contributed by atoms with Gasteiger partial charge in [0, 0.05) is 31.1 Å². The van der Waals surface area contributed by atoms with Crippen molar-refractivity contribution in [2.24, 2.45) is 0 Å². The summed E-state index contributed by atoms with van der Waals surface area (Å²) in [6.07, 6.45) is 2.39. The fourth-order valence-electron chi connectivity index (χ4n) is 2.70. The second-order valence-corrected chi connectivity index (χ2v) is 5.52. The van der Waals surface area contributed by atoms with Crippen LogP contribution in [0.15, 0.2) is 24.3 Å². The smallest absolute Gasteiger partial charge is 0.123 e. The molecule has 1 saturated heterocycles. The lowest BCUT2D eigenvalue weighted by molar-refractivity contribution is 0.166. The molecule has 2 nitrogen and oxygen atoms in total. The fraction of sp³-hybridized carbons (Fsp3) is 0.571. The molecule has 92 valence electrons. The quantitative estimate of drug-likeness (QED) is 0.854. The number of hydrogen-bond donors (Lipinski definition) is 1. The third-order valence-electron chi connectivity index (χ3n) is 4.23. The van der Waals surface area contributed by atoms with E-state index in [1.165, 1.54) is 24.5 Å². The number of benzene rings is 1. The highest BCUT2D eigenvalue weighted by Crippen LogP contribution is 2.48. The number of hydrogen-bond acceptors (Lipinski definition) is 2. The Labute approximate surface area is 102 Å². The van der Waals surface area contributed by atoms with E-state index in [0.717, 1.165) is 19.6 Å². The van der Waals surface area contributed by atoms with E-state index in [1.807, 2.05) is 6.07 Å². The zero-order valence-corrected chi connectivity index (χ0v) is 10.2. The molecule has 2 aliphatic rings. The van der Waals surface area contributed by atoms with Gasteiger partial charge < -0.3 is 5.32 Å². The highest BCUT2D eigenvalue weighted by Gasteiger charge is 2.46. The van der Waals surface area contributed by atoms with Crippen molar-refractivity contribution in [2.75, 3.05) is 26.7 Å². The maximum absolute atomic E-state index is 13.3. The van der Waals surface area contributed by atoms with Crippen LogP contribution in [0.4, 0.5) is 4.39 Å². The Morgan fingerprint density at radius 2 is 2.18 bits per heavy atom. The molecule has 1 aromatic carbocycles. The Morgan fingerprint density at radius 3 is 2.71 bits per heavy atom. The van der Waals surface area contributed by atoms with Crippen molar-refractivity contribution >= 4 is 0 Å². The summed E-state index contributed by atoms with van der Waals surface area (Å²) < 4.78 is 13.3. The van der Waals surface area contributed by atoms with Gasteiger partial charge >= 0.3 is 0 Å². The first-order valence-corrected chi connectivity index (χ1v) is 6.37. The van der Waals surface area contributed by atoms with Gasteiger partial charge in [-0.2, -0.15) is 0 Å². The van der Waals surface area contributed by atoms with E-state index >= 15 is 0 Å². The van der Waals surface area contributed by atoms with Crippen LogP contribution in [-0.4, -0.2) is 37.6 Å². The minimum atomic E-state index is -0.110. The van der Waals surface area contributed by atoms with E-state index in [1.54, 1.807) is 6.07 Å². The predicted octanol–water partition coefficient (Wildman–Crippen LogP) is 1.76. The van der Waals surface area contributed by atoms with Crippen molar-refractivity contribution in [1.29, 1.82) is 0 Å². The highest BCUT2D eigenvalue weighted by atomic mass is 19.1. The molecule has 0 amide bonds. The molecule has 1 N–H and O–H groups in total. The van der Waals surface area contributed by atoms with E-state index in [9.17, 15) is 4.39 Å². The van der Waals surface area contributed by atoms with Gasteiger partial charge in [-0.25, -0.2) is 4.39 Å². The van der Waals surface area contributed by atoms with E-state index in [0.29, 0.717) is 6.04 Å². The maximum atomic E-state index is 13.3. The summed E-state index contributed by atoms with van der Waals surface area (Å²) in [4.78, 5) is 2.43. The Bertz CT molecular complexity index is 410. The Balaban J connectivity index is 1.72. The van der Waals surface area contributed by atoms with Crippen LogP contribution in [0, 0.1) is 5.82 Å². The first-order valence-electron chi connectivity index (χ1n) is 6.37. The van der Waals surface area contributed by atoms with Crippen LogP contribution in [-0.2, 0) is 5.41 Å². The summed E-state index contributed by atoms with van der Waals surface area (Å²) in [5.74, 6) is -0.110. The molecule has 1 saturated carbocycles. The molecule has 0 spiro atoms. The molecule has 17 heavy (non-hydrogen) atoms. The van der Waals surface area contributed by atoms with Crippen LogP contribution in [0.5, 0.6) is 0 Å². The van der Waals surface area contributed by atoms with Gasteiger partial charge in [-0.15, -0.1) is 0 Å². The summed E-state index contributed by atoms with van der Waals surface area (Å²) in [5.41, 5.74) is 1.41. The molecule has 0 bridgehead atoms. The van der Waals surface area contributed by atoms with Crippen molar-refractivity contribution in [2.45, 2.75) is 24.3 Å². The predicted molar refractivity (Wildman–Crippen MR) is 66.6 cm³/mol. The minimum Gasteiger partial charge on any atom is -0.314 e. The SMILES string of the molecule is CN(CC1(c2cccc(F)c2)CC1)C1CNC1. The Morgan fingerprint density at radius 1 is 1.41 bits per heavy atom. The highest BCUT2D eigenvalue weighted by molar-refractivity contribution is 5.32. The van der Waals surface area contributed by atoms with E-state index in [2.05, 4.69) is 23.3 Å². The molecule has 3 rings (SSSR count). The molecule has 1 aliphatic heterocycles. The third kappa shape index (κ3) is 2.09. The van der Waals surface area contributed by atoms with Crippen LogP contribution in [0.1, 0.15) is 18.4 Å². The fourth-order valence-corrected chi connectivity index (χ4v) is 2.70. The Hall–Kier alpha value is -0.930. The molecule has 0 aromatic heterocycles. The van der Waals surface area contributed by atoms with Crippen LogP contribution in [0.25, 0.3) is 0 Å². The van der Waals surface area contributed by atoms with Gasteiger partial charge in [0.25, 0.3) is 0 Å². The molecular weight excluding hydrogens is 215 g/mol. The second-order valence-electron chi connectivity index (χ2n) is 5.52. The van der Waals surface area contributed by atoms with E-state index in [-0.39, 0.29) is 11.2 Å². The average Bonchev–Trinajstić information content (AvgIpc) is 2.96. The zero-order valence-electron chi connectivity index (χ0n) is 10.2. The summed E-state index contributed by atoms with van der Waals surface area (Å²) in [5, 5.41) is 3.30. The lowest BCUT2D eigenvalue weighted by atomic mass is 9.94. The van der Waals surface area contributed by atoms with Gasteiger partial charge in [0.1, 0.15) is 5.82 Å². The van der Waals surface area contributed by atoms with Crippen molar-refractivity contribution in [3.8, 4) is 0 Å². The van der Waals surface area contributed by atoms with Gasteiger partial charge in [0.15, 0.2) is 0 Å². The number of likely N-dealkylation sites (N-methyl/N-ethyl adjacent to an activating group) is 1. The molecule has 0 unspecified atom stereocenters. The van der Waals surface area contributed by atoms with Crippen LogP contribution < -0.4 is 5.32 Å². The number of rotatable bonds is 4. The van der Waals surface area contributed by atoms with Crippen molar-refractivity contribution in [3.05, 3.63) is 35.6 Å². The van der Waals surface area contributed by atoms with Crippen LogP contribution in [0.2, 0.25) is 0 Å². The Kier molecular flexibility index (Phi) is 2.68. The van der Waals surface area contributed by atoms with Gasteiger partial charge in [0.05, 0.1) is 0 Å². The van der Waals surface area contributed by atoms with Crippen LogP contribution in [0.3, 0.4) is 0 Å². The largest absolute Gasteiger partial charge is 0.314 e. The summed E-state index contributed by atoms with van der Waals surface area (Å²) in [6.45, 7) is 3.24. The molecule has 0 radical (unpaired) electrons. The topological polar surface area (TPSA) is 15.3 Å². The van der Waals surface area contributed by atoms with Gasteiger partial charge in [0.2, 0.25) is 0 Å². The van der Waals surface area contributed by atoms with E-state index in [4.69, 9.17) is 0 Å². The molecule has 0 atom stereocenters. The van der Waals surface area contributed by atoms with Crippen molar-refractivity contribution in [1.82, 2.24) is 10.2 Å². The monoisotopic (exact) mass is 234 g/mol. The van der Waals surface area contributed by atoms with Crippen LogP contribution >= 0.6 is 0 Å². The first-order chi connectivity index (χ1) is 8.20. The minimum absolute atomic E-state index is 0.110. The molecule has 1 aliphatic carbocycles. The summed E-state index contributed by atoms with van der Waals surface area (Å²) in [7, 11) is 2.19.